The second kappa shape index (κ2) is 26.6. The number of carbonyl (C=O) groups excluding carboxylic acids is 1. The van der Waals surface area contributed by atoms with E-state index in [1.165, 1.54) is 76.9 Å². The molecule has 5 aromatic carbocycles. The molecule has 7 aromatic rings. The number of ether oxygens (including phenoxy) is 3. The van der Waals surface area contributed by atoms with Gasteiger partial charge < -0.3 is 34.4 Å². The maximum absolute atomic E-state index is 14.3. The Morgan fingerprint density at radius 2 is 0.907 bits per heavy atom. The molecule has 0 bridgehead atoms. The van der Waals surface area contributed by atoms with Crippen molar-refractivity contribution in [3.05, 3.63) is 154 Å². The first-order valence-electron chi connectivity index (χ1n) is 26.2. The molecule has 0 aliphatic heterocycles. The molecule has 0 saturated carbocycles. The highest BCUT2D eigenvalue weighted by Gasteiger charge is 2.58. The van der Waals surface area contributed by atoms with Gasteiger partial charge in [-0.2, -0.15) is 39.5 Å². The third-order valence-corrected chi connectivity index (χ3v) is 17.3. The van der Waals surface area contributed by atoms with Gasteiger partial charge in [0.2, 0.25) is 17.2 Å². The van der Waals surface area contributed by atoms with E-state index in [0.29, 0.717) is 44.4 Å². The topological polar surface area (TPSA) is 160 Å². The molecule has 2 heterocycles. The number of aliphatic hydroxyl groups is 2. The van der Waals surface area contributed by atoms with Crippen molar-refractivity contribution in [2.24, 2.45) is 0 Å². The van der Waals surface area contributed by atoms with Crippen LogP contribution in [0.15, 0.2) is 118 Å². The number of hydrogen-bond donors (Lipinski definition) is 4. The molecule has 2 atom stereocenters. The number of Topliss-reactive ketones (excluding diaryl/α,β-unsaturated/α-hetero) is 1. The first kappa shape index (κ1) is 69.9. The number of aromatic amines is 2. The number of carbonyl (C=O) groups is 1. The number of aromatic nitrogens is 2. The molecule has 24 heteroatoms. The predicted octanol–water partition coefficient (Wildman–Crippen LogP) is 16.2. The van der Waals surface area contributed by atoms with E-state index in [4.69, 9.17) is 27.4 Å². The second-order valence-electron chi connectivity index (χ2n) is 22.5. The van der Waals surface area contributed by atoms with Crippen LogP contribution in [0.25, 0.3) is 31.5 Å². The van der Waals surface area contributed by atoms with Crippen molar-refractivity contribution >= 4 is 72.3 Å². The molecule has 0 spiro atoms. The summed E-state index contributed by atoms with van der Waals surface area (Å²) in [7, 11) is 0.623. The summed E-state index contributed by atoms with van der Waals surface area (Å²) in [5, 5.41) is 23.1. The minimum absolute atomic E-state index is 0.0211. The van der Waals surface area contributed by atoms with Crippen LogP contribution in [-0.4, -0.2) is 104 Å². The quantitative estimate of drug-likeness (QED) is 0.0349. The fraction of sp³-hybridized carbons (Fsp3) is 0.403. The molecule has 0 amide bonds. The van der Waals surface area contributed by atoms with E-state index in [0.717, 1.165) is 16.0 Å². The van der Waals surface area contributed by atoms with Gasteiger partial charge in [-0.25, -0.2) is 18.1 Å². The van der Waals surface area contributed by atoms with Crippen LogP contribution in [0.1, 0.15) is 88.9 Å². The summed E-state index contributed by atoms with van der Waals surface area (Å²) >= 11 is 2.95. The highest BCUT2D eigenvalue weighted by molar-refractivity contribution is 7.98. The van der Waals surface area contributed by atoms with Crippen LogP contribution in [-0.2, 0) is 43.7 Å². The van der Waals surface area contributed by atoms with Crippen LogP contribution in [0.3, 0.4) is 0 Å². The third-order valence-electron chi connectivity index (χ3n) is 14.7. The van der Waals surface area contributed by atoms with Crippen molar-refractivity contribution in [2.75, 3.05) is 40.1 Å². The molecular formula is C62H67F9N4O8S3. The molecule has 0 aliphatic rings. The number of methoxy groups -OCH3 is 3. The summed E-state index contributed by atoms with van der Waals surface area (Å²) < 4.78 is 163. The van der Waals surface area contributed by atoms with Gasteiger partial charge in [0, 0.05) is 90.6 Å². The molecule has 2 unspecified atom stereocenters. The molecule has 12 nitrogen and oxygen atoms in total. The molecule has 2 aromatic heterocycles. The Hall–Kier alpha value is -6.83. The first-order valence-corrected chi connectivity index (χ1v) is 30.5. The smallest absolute Gasteiger partial charge is 0.450 e. The summed E-state index contributed by atoms with van der Waals surface area (Å²) in [5.41, 5.74) is -7.05. The third kappa shape index (κ3) is 16.0. The Labute approximate surface area is 502 Å². The van der Waals surface area contributed by atoms with E-state index in [1.807, 2.05) is 24.6 Å². The predicted molar refractivity (Wildman–Crippen MR) is 318 cm³/mol. The van der Waals surface area contributed by atoms with Gasteiger partial charge in [-0.3, -0.25) is 4.79 Å². The molecule has 0 fully saturated rings. The van der Waals surface area contributed by atoms with Gasteiger partial charge in [0.15, 0.2) is 21.0 Å². The van der Waals surface area contributed by atoms with Crippen molar-refractivity contribution in [1.82, 2.24) is 9.97 Å². The van der Waals surface area contributed by atoms with Crippen molar-refractivity contribution in [1.29, 1.82) is 0 Å². The number of fused-ring (bicyclic) bond motifs is 2. The number of sulfone groups is 1. The SMILES string of the molecule is COc1ccc(SC)cc1C(C)(C)CC(=O)C(F)(F)F.[C-]#[N+]c1c(CC(O)(CC(C)(C)c2cc(S(C)(=O)=O)ccc2OC)C(F)(F)F)[nH]c2ccccc12.[C-]#[N+]c1c(CC(O)(CC(C)(C)c2cc(SC)ccc2OC)C(F)(F)F)[nH]c2ccccc12. The maximum atomic E-state index is 14.3. The average Bonchev–Trinajstić information content (AvgIpc) is 1.38. The monoisotopic (exact) mass is 1260 g/mol. The molecule has 0 saturated heterocycles. The van der Waals surface area contributed by atoms with Gasteiger partial charge in [-0.1, -0.05) is 77.9 Å². The molecule has 7 rings (SSSR count). The molecule has 0 aliphatic carbocycles. The first-order chi connectivity index (χ1) is 39.7. The van der Waals surface area contributed by atoms with E-state index in [2.05, 4.69) is 19.7 Å². The summed E-state index contributed by atoms with van der Waals surface area (Å²) in [5.74, 6) is -0.568. The normalized spacial score (nSPS) is 13.9. The van der Waals surface area contributed by atoms with Gasteiger partial charge in [0.1, 0.15) is 17.2 Å². The van der Waals surface area contributed by atoms with Crippen LogP contribution < -0.4 is 14.2 Å². The number of hydrogen-bond acceptors (Lipinski definition) is 10. The number of nitrogens with one attached hydrogen (secondary N) is 2. The lowest BCUT2D eigenvalue weighted by Crippen LogP contribution is -2.51. The number of nitrogens with zero attached hydrogens (tertiary/aromatic N) is 2. The average molecular weight is 1260 g/mol. The summed E-state index contributed by atoms with van der Waals surface area (Å²) in [6.45, 7) is 24.4. The zero-order valence-corrected chi connectivity index (χ0v) is 51.7. The number of benzene rings is 5. The second-order valence-corrected chi connectivity index (χ2v) is 26.3. The standard InChI is InChI=1S/C24H25F3N2O4S.C24H25F3N2O2S.C14H17F3O2S/c1-22(2,17-12-15(34(5,31)32)10-11-20(17)33-4)14-23(30,24(25,26)27)13-19-21(28-3)16-8-6-7-9-18(16)29-19;1-22(2,17-12-15(32-5)10-11-20(17)31-4)14-23(30,24(25,26)27)13-19-21(28-3)16-8-6-7-9-18(16)29-19;1-13(2,8-12(18)14(15,16)17)10-7-9(20-4)5-6-11(10)19-3/h6-12,29-30H,13-14H2,1-2,4-5H3;6-12,29-30H,13-14H2,1-2,4-5H3;5-7H,8H2,1-4H3. The molecule has 4 N–H and O–H groups in total. The molecule has 464 valence electrons. The number of rotatable bonds is 19. The Morgan fingerprint density at radius 1 is 0.558 bits per heavy atom. The number of thioether (sulfide) groups is 2. The van der Waals surface area contributed by atoms with Crippen LogP contribution in [0, 0.1) is 13.1 Å². The lowest BCUT2D eigenvalue weighted by Gasteiger charge is -2.38. The van der Waals surface area contributed by atoms with Crippen molar-refractivity contribution in [3.63, 3.8) is 0 Å². The molecular weight excluding hydrogens is 1200 g/mol. The number of H-pyrrole nitrogens is 2. The van der Waals surface area contributed by atoms with E-state index in [9.17, 15) is 62.9 Å². The fourth-order valence-electron chi connectivity index (χ4n) is 10.4. The minimum Gasteiger partial charge on any atom is -0.496 e. The van der Waals surface area contributed by atoms with E-state index in [-0.39, 0.29) is 39.0 Å². The van der Waals surface area contributed by atoms with Gasteiger partial charge in [0.25, 0.3) is 0 Å². The summed E-state index contributed by atoms with van der Waals surface area (Å²) in [6, 6.07) is 28.1. The van der Waals surface area contributed by atoms with Crippen LogP contribution >= 0.6 is 23.5 Å². The Morgan fingerprint density at radius 3 is 1.23 bits per heavy atom. The number of para-hydroxylation sites is 2. The van der Waals surface area contributed by atoms with Crippen molar-refractivity contribution in [2.45, 2.75) is 134 Å². The number of halogens is 9. The number of ketones is 1. The Kier molecular flexibility index (Phi) is 21.7. The van der Waals surface area contributed by atoms with E-state index in [1.54, 1.807) is 100 Å². The van der Waals surface area contributed by atoms with Gasteiger partial charge in [-0.15, -0.1) is 23.5 Å². The van der Waals surface area contributed by atoms with Crippen molar-refractivity contribution in [3.8, 4) is 17.2 Å². The van der Waals surface area contributed by atoms with Crippen LogP contribution in [0.2, 0.25) is 0 Å². The zero-order chi connectivity index (χ0) is 64.8. The van der Waals surface area contributed by atoms with Gasteiger partial charge in [-0.05, 0) is 103 Å². The Balaban J connectivity index is 0.000000244. The van der Waals surface area contributed by atoms with Crippen LogP contribution in [0.4, 0.5) is 50.9 Å². The highest BCUT2D eigenvalue weighted by atomic mass is 32.2. The Bertz CT molecular complexity index is 3770. The van der Waals surface area contributed by atoms with Crippen LogP contribution in [0.5, 0.6) is 17.2 Å². The lowest BCUT2D eigenvalue weighted by molar-refractivity contribution is -0.266. The molecule has 0 radical (unpaired) electrons. The van der Waals surface area contributed by atoms with E-state index >= 15 is 0 Å². The van der Waals surface area contributed by atoms with Crippen molar-refractivity contribution < 1.29 is 77.1 Å². The fourth-order valence-corrected chi connectivity index (χ4v) is 11.9. The van der Waals surface area contributed by atoms with Gasteiger partial charge in [0.05, 0.1) is 39.4 Å². The van der Waals surface area contributed by atoms with Gasteiger partial charge >= 0.3 is 18.5 Å². The summed E-state index contributed by atoms with van der Waals surface area (Å²) in [4.78, 5) is 25.6. The highest BCUT2D eigenvalue weighted by Crippen LogP contribution is 2.49. The van der Waals surface area contributed by atoms with E-state index < -0.39 is 93.7 Å². The summed E-state index contributed by atoms with van der Waals surface area (Å²) in [6.07, 6.45) is -13.6. The molecule has 86 heavy (non-hydrogen) atoms. The lowest BCUT2D eigenvalue weighted by atomic mass is 9.73. The largest absolute Gasteiger partial charge is 0.496 e. The number of alkyl halides is 9. The zero-order valence-electron chi connectivity index (χ0n) is 49.2. The minimum atomic E-state index is -5.04. The maximum Gasteiger partial charge on any atom is 0.450 e.